The Morgan fingerprint density at radius 3 is 2.73 bits per heavy atom. The molecule has 0 saturated heterocycles. The lowest BCUT2D eigenvalue weighted by Crippen LogP contribution is -2.33. The average Bonchev–Trinajstić information content (AvgIpc) is 3.35. The van der Waals surface area contributed by atoms with E-state index in [0.717, 1.165) is 37.9 Å². The van der Waals surface area contributed by atoms with Crippen molar-refractivity contribution in [3.63, 3.8) is 0 Å². The van der Waals surface area contributed by atoms with Crippen LogP contribution in [-0.2, 0) is 0 Å². The van der Waals surface area contributed by atoms with Crippen LogP contribution in [0.4, 0.5) is 5.69 Å². The first kappa shape index (κ1) is 21.9. The molecular weight excluding hydrogens is 495 g/mol. The number of anilines is 1. The molecular formula is C24H16Cl2N4OS2. The molecule has 3 aromatic carbocycles. The van der Waals surface area contributed by atoms with Crippen molar-refractivity contribution in [1.82, 2.24) is 15.3 Å². The van der Waals surface area contributed by atoms with E-state index in [1.165, 1.54) is 11.3 Å². The van der Waals surface area contributed by atoms with Crippen molar-refractivity contribution in [2.24, 2.45) is 0 Å². The Morgan fingerprint density at radius 1 is 1.09 bits per heavy atom. The number of thiophene rings is 1. The molecule has 5 nitrogen and oxygen atoms in total. The largest absolute Gasteiger partial charge is 0.338 e. The summed E-state index contributed by atoms with van der Waals surface area (Å²) in [5.74, 6) is 0.363. The van der Waals surface area contributed by atoms with Gasteiger partial charge in [0.15, 0.2) is 5.11 Å². The van der Waals surface area contributed by atoms with Gasteiger partial charge in [-0.1, -0.05) is 53.5 Å². The van der Waals surface area contributed by atoms with Gasteiger partial charge < -0.3 is 10.3 Å². The number of thiocarbonyl (C=S) groups is 1. The molecule has 1 amide bonds. The molecule has 0 aliphatic carbocycles. The van der Waals surface area contributed by atoms with Gasteiger partial charge in [0.1, 0.15) is 10.7 Å². The van der Waals surface area contributed by atoms with Crippen LogP contribution in [0, 0.1) is 6.92 Å². The summed E-state index contributed by atoms with van der Waals surface area (Å²) in [5, 5.41) is 7.90. The molecule has 2 aromatic heterocycles. The molecule has 0 aliphatic heterocycles. The fourth-order valence-corrected chi connectivity index (χ4v) is 5.28. The second kappa shape index (κ2) is 8.76. The van der Waals surface area contributed by atoms with E-state index in [1.54, 1.807) is 0 Å². The summed E-state index contributed by atoms with van der Waals surface area (Å²) >= 11 is 19.3. The lowest BCUT2D eigenvalue weighted by Gasteiger charge is -2.10. The van der Waals surface area contributed by atoms with Gasteiger partial charge in [0.25, 0.3) is 5.91 Å². The Labute approximate surface area is 208 Å². The molecule has 0 aliphatic rings. The van der Waals surface area contributed by atoms with Gasteiger partial charge in [0.2, 0.25) is 0 Å². The quantitative estimate of drug-likeness (QED) is 0.224. The fraction of sp³-hybridized carbons (Fsp3) is 0.0417. The van der Waals surface area contributed by atoms with E-state index in [1.807, 2.05) is 67.6 Å². The monoisotopic (exact) mass is 510 g/mol. The topological polar surface area (TPSA) is 69.8 Å². The summed E-state index contributed by atoms with van der Waals surface area (Å²) in [4.78, 5) is 21.1. The van der Waals surface area contributed by atoms with Crippen LogP contribution in [-0.4, -0.2) is 21.0 Å². The predicted octanol–water partition coefficient (Wildman–Crippen LogP) is 7.19. The minimum Gasteiger partial charge on any atom is -0.338 e. The SMILES string of the molecule is Cc1cc2[nH]c(-c3cccc(NC(=S)NC(=O)c4sc5ccccc5c4Cl)c3)nc2cc1Cl. The highest BCUT2D eigenvalue weighted by Crippen LogP contribution is 2.35. The van der Waals surface area contributed by atoms with Crippen LogP contribution in [0.5, 0.6) is 0 Å². The molecule has 0 fully saturated rings. The van der Waals surface area contributed by atoms with Crippen molar-refractivity contribution in [3.05, 3.63) is 81.1 Å². The Hall–Kier alpha value is -2.97. The third-order valence-electron chi connectivity index (χ3n) is 5.12. The van der Waals surface area contributed by atoms with Crippen LogP contribution in [0.1, 0.15) is 15.2 Å². The first-order valence-corrected chi connectivity index (χ1v) is 11.9. The van der Waals surface area contributed by atoms with Gasteiger partial charge in [-0.15, -0.1) is 11.3 Å². The van der Waals surface area contributed by atoms with Crippen LogP contribution in [0.3, 0.4) is 0 Å². The van der Waals surface area contributed by atoms with Gasteiger partial charge in [0, 0.05) is 26.4 Å². The molecule has 0 unspecified atom stereocenters. The first-order valence-electron chi connectivity index (χ1n) is 9.95. The maximum Gasteiger partial charge on any atom is 0.269 e. The number of nitrogens with one attached hydrogen (secondary N) is 3. The van der Waals surface area contributed by atoms with Crippen LogP contribution < -0.4 is 10.6 Å². The lowest BCUT2D eigenvalue weighted by atomic mass is 10.2. The zero-order valence-electron chi connectivity index (χ0n) is 17.2. The smallest absolute Gasteiger partial charge is 0.269 e. The van der Waals surface area contributed by atoms with E-state index >= 15 is 0 Å². The number of amides is 1. The highest BCUT2D eigenvalue weighted by atomic mass is 35.5. The number of hydrogen-bond acceptors (Lipinski definition) is 4. The maximum absolute atomic E-state index is 12.7. The molecule has 0 atom stereocenters. The van der Waals surface area contributed by atoms with Gasteiger partial charge in [-0.25, -0.2) is 4.98 Å². The number of hydrogen-bond donors (Lipinski definition) is 3. The molecule has 0 bridgehead atoms. The van der Waals surface area contributed by atoms with E-state index < -0.39 is 0 Å². The summed E-state index contributed by atoms with van der Waals surface area (Å²) in [5.41, 5.74) is 4.27. The van der Waals surface area contributed by atoms with Crippen LogP contribution in [0.15, 0.2) is 60.7 Å². The molecule has 2 heterocycles. The van der Waals surface area contributed by atoms with Crippen molar-refractivity contribution in [2.45, 2.75) is 6.92 Å². The normalized spacial score (nSPS) is 11.1. The summed E-state index contributed by atoms with van der Waals surface area (Å²) < 4.78 is 0.946. The molecule has 9 heteroatoms. The van der Waals surface area contributed by atoms with Crippen molar-refractivity contribution in [1.29, 1.82) is 0 Å². The van der Waals surface area contributed by atoms with Crippen LogP contribution in [0.25, 0.3) is 32.5 Å². The summed E-state index contributed by atoms with van der Waals surface area (Å²) in [7, 11) is 0. The van der Waals surface area contributed by atoms with Gasteiger partial charge in [-0.3, -0.25) is 10.1 Å². The second-order valence-corrected chi connectivity index (χ2v) is 9.68. The number of halogens is 2. The van der Waals surface area contributed by atoms with Crippen LogP contribution in [0.2, 0.25) is 10.0 Å². The zero-order chi connectivity index (χ0) is 23.1. The number of rotatable bonds is 3. The van der Waals surface area contributed by atoms with Crippen molar-refractivity contribution >= 4 is 84.6 Å². The summed E-state index contributed by atoms with van der Waals surface area (Å²) in [6.07, 6.45) is 0. The van der Waals surface area contributed by atoms with Crippen molar-refractivity contribution < 1.29 is 4.79 Å². The van der Waals surface area contributed by atoms with E-state index in [9.17, 15) is 4.79 Å². The number of imidazole rings is 1. The Balaban J connectivity index is 1.33. The molecule has 0 spiro atoms. The lowest BCUT2D eigenvalue weighted by molar-refractivity contribution is 0.0982. The predicted molar refractivity (Wildman–Crippen MR) is 142 cm³/mol. The van der Waals surface area contributed by atoms with Crippen LogP contribution >= 0.6 is 46.8 Å². The standard InChI is InChI=1S/C24H16Cl2N4OS2/c1-12-9-17-18(11-16(12)25)29-22(28-17)13-5-4-6-14(10-13)27-24(32)30-23(31)21-20(26)15-7-2-3-8-19(15)33-21/h2-11H,1H3,(H,28,29)(H2,27,30,31,32). The highest BCUT2D eigenvalue weighted by molar-refractivity contribution is 7.80. The number of carbonyl (C=O) groups is 1. The number of aromatic amines is 1. The van der Waals surface area contributed by atoms with E-state index in [4.69, 9.17) is 35.4 Å². The molecule has 0 saturated carbocycles. The number of aromatic nitrogens is 2. The zero-order valence-corrected chi connectivity index (χ0v) is 20.3. The summed E-state index contributed by atoms with van der Waals surface area (Å²) in [6, 6.07) is 19.0. The van der Waals surface area contributed by atoms with Crippen molar-refractivity contribution in [2.75, 3.05) is 5.32 Å². The van der Waals surface area contributed by atoms with Gasteiger partial charge in [-0.2, -0.15) is 0 Å². The number of nitrogens with zero attached hydrogens (tertiary/aromatic N) is 1. The fourth-order valence-electron chi connectivity index (χ4n) is 3.50. The van der Waals surface area contributed by atoms with E-state index in [-0.39, 0.29) is 11.0 Å². The first-order chi connectivity index (χ1) is 15.9. The third kappa shape index (κ3) is 4.32. The molecule has 3 N–H and O–H groups in total. The Morgan fingerprint density at radius 2 is 1.91 bits per heavy atom. The molecule has 33 heavy (non-hydrogen) atoms. The Kier molecular flexibility index (Phi) is 5.80. The second-order valence-electron chi connectivity index (χ2n) is 7.43. The number of carbonyl (C=O) groups excluding carboxylic acids is 1. The minimum absolute atomic E-state index is 0.178. The van der Waals surface area contributed by atoms with Crippen molar-refractivity contribution in [3.8, 4) is 11.4 Å². The number of benzene rings is 3. The maximum atomic E-state index is 12.7. The molecule has 5 rings (SSSR count). The minimum atomic E-state index is -0.348. The average molecular weight is 511 g/mol. The molecule has 5 aromatic rings. The number of fused-ring (bicyclic) bond motifs is 2. The van der Waals surface area contributed by atoms with Gasteiger partial charge in [0.05, 0.1) is 16.1 Å². The molecule has 164 valence electrons. The van der Waals surface area contributed by atoms with Gasteiger partial charge >= 0.3 is 0 Å². The number of aryl methyl sites for hydroxylation is 1. The number of H-pyrrole nitrogens is 1. The summed E-state index contributed by atoms with van der Waals surface area (Å²) in [6.45, 7) is 1.95. The van der Waals surface area contributed by atoms with Gasteiger partial charge in [-0.05, 0) is 55.0 Å². The van der Waals surface area contributed by atoms with E-state index in [0.29, 0.717) is 20.7 Å². The van der Waals surface area contributed by atoms with E-state index in [2.05, 4.69) is 20.6 Å². The molecule has 0 radical (unpaired) electrons. The highest BCUT2D eigenvalue weighted by Gasteiger charge is 2.18. The third-order valence-corrected chi connectivity index (χ3v) is 7.41. The Bertz CT molecular complexity index is 1520.